The molecule has 3 aromatic heterocycles. The molecule has 4 rings (SSSR count). The number of anilines is 3. The monoisotopic (exact) mass is 381 g/mol. The average molecular weight is 381 g/mol. The Bertz CT molecular complexity index is 1100. The van der Waals surface area contributed by atoms with Crippen LogP contribution in [0.15, 0.2) is 41.9 Å². The van der Waals surface area contributed by atoms with E-state index in [1.165, 1.54) is 29.6 Å². The molecule has 0 aliphatic heterocycles. The average Bonchev–Trinajstić information content (AvgIpc) is 3.20. The van der Waals surface area contributed by atoms with Crippen LogP contribution in [-0.4, -0.2) is 20.9 Å². The molecule has 0 aliphatic rings. The van der Waals surface area contributed by atoms with Crippen LogP contribution in [0.25, 0.3) is 21.5 Å². The molecule has 1 amide bonds. The zero-order valence-electron chi connectivity index (χ0n) is 14.1. The van der Waals surface area contributed by atoms with Gasteiger partial charge in [-0.1, -0.05) is 17.4 Å². The predicted molar refractivity (Wildman–Crippen MR) is 107 cm³/mol. The maximum absolute atomic E-state index is 11.2. The van der Waals surface area contributed by atoms with Gasteiger partial charge in [-0.2, -0.15) is 0 Å². The number of aromatic nitrogens is 3. The van der Waals surface area contributed by atoms with Crippen LogP contribution >= 0.6 is 22.7 Å². The highest BCUT2D eigenvalue weighted by Gasteiger charge is 2.14. The molecule has 0 spiro atoms. The highest BCUT2D eigenvalue weighted by molar-refractivity contribution is 7.20. The molecule has 8 heteroatoms. The van der Waals surface area contributed by atoms with Crippen molar-refractivity contribution in [1.82, 2.24) is 15.0 Å². The molecule has 0 aliphatic carbocycles. The van der Waals surface area contributed by atoms with Crippen LogP contribution in [0.1, 0.15) is 12.6 Å². The normalized spacial score (nSPS) is 10.8. The quantitative estimate of drug-likeness (QED) is 0.529. The fourth-order valence-electron chi connectivity index (χ4n) is 2.55. The molecule has 0 saturated heterocycles. The summed E-state index contributed by atoms with van der Waals surface area (Å²) in [5, 5.41) is 10.5. The zero-order chi connectivity index (χ0) is 18.1. The van der Waals surface area contributed by atoms with Gasteiger partial charge in [0, 0.05) is 29.6 Å². The Morgan fingerprint density at radius 3 is 2.88 bits per heavy atom. The second kappa shape index (κ2) is 6.81. The fraction of sp³-hybridized carbons (Fsp3) is 0.111. The number of hydrogen-bond acceptors (Lipinski definition) is 7. The lowest BCUT2D eigenvalue weighted by Crippen LogP contribution is -2.04. The molecule has 0 saturated carbocycles. The molecular formula is C18H15N5OS2. The van der Waals surface area contributed by atoms with E-state index in [9.17, 15) is 4.79 Å². The molecule has 26 heavy (non-hydrogen) atoms. The molecule has 6 nitrogen and oxygen atoms in total. The number of hydrogen-bond donors (Lipinski definition) is 2. The third-order valence-corrected chi connectivity index (χ3v) is 5.52. The second-order valence-electron chi connectivity index (χ2n) is 5.69. The minimum Gasteiger partial charge on any atom is -0.332 e. The number of nitrogens with one attached hydrogen (secondary N) is 2. The maximum atomic E-state index is 11.2. The maximum Gasteiger partial charge on any atom is 0.223 e. The summed E-state index contributed by atoms with van der Waals surface area (Å²) in [6, 6.07) is 9.98. The molecule has 0 unspecified atom stereocenters. The second-order valence-corrected chi connectivity index (χ2v) is 7.55. The third kappa shape index (κ3) is 3.42. The van der Waals surface area contributed by atoms with Gasteiger partial charge in [0.1, 0.15) is 0 Å². The first-order valence-corrected chi connectivity index (χ1v) is 9.61. The van der Waals surface area contributed by atoms with E-state index in [-0.39, 0.29) is 5.91 Å². The lowest BCUT2D eigenvalue weighted by molar-refractivity contribution is -0.114. The number of benzene rings is 1. The Morgan fingerprint density at radius 2 is 2.04 bits per heavy atom. The molecule has 3 heterocycles. The van der Waals surface area contributed by atoms with Crippen LogP contribution in [0.5, 0.6) is 0 Å². The summed E-state index contributed by atoms with van der Waals surface area (Å²) < 4.78 is 0. The molecule has 0 bridgehead atoms. The van der Waals surface area contributed by atoms with Crippen molar-refractivity contribution in [3.8, 4) is 10.6 Å². The Balaban J connectivity index is 1.57. The first-order chi connectivity index (χ1) is 12.6. The van der Waals surface area contributed by atoms with E-state index in [4.69, 9.17) is 0 Å². The van der Waals surface area contributed by atoms with Gasteiger partial charge >= 0.3 is 0 Å². The number of nitrogens with zero attached hydrogens (tertiary/aromatic N) is 3. The molecule has 0 radical (unpaired) electrons. The van der Waals surface area contributed by atoms with E-state index < -0.39 is 0 Å². The molecule has 130 valence electrons. The Kier molecular flexibility index (Phi) is 4.36. The minimum atomic E-state index is -0.128. The van der Waals surface area contributed by atoms with Gasteiger partial charge in [0.15, 0.2) is 10.3 Å². The van der Waals surface area contributed by atoms with Gasteiger partial charge in [-0.05, 0) is 31.2 Å². The van der Waals surface area contributed by atoms with E-state index >= 15 is 0 Å². The Morgan fingerprint density at radius 1 is 1.15 bits per heavy atom. The number of fused-ring (bicyclic) bond motifs is 1. The van der Waals surface area contributed by atoms with Crippen LogP contribution in [0.3, 0.4) is 0 Å². The predicted octanol–water partition coefficient (Wildman–Crippen LogP) is 4.83. The summed E-state index contributed by atoms with van der Waals surface area (Å²) in [6.07, 6.45) is 1.79. The SMILES string of the molecule is CC(=O)Nc1nc(C)c(-c2csc(Nc3ccc4ncccc4c3)n2)s1. The van der Waals surface area contributed by atoms with Crippen molar-refractivity contribution in [2.24, 2.45) is 0 Å². The van der Waals surface area contributed by atoms with Gasteiger partial charge in [-0.15, -0.1) is 11.3 Å². The molecule has 4 aromatic rings. The molecule has 2 N–H and O–H groups in total. The number of carbonyl (C=O) groups is 1. The van der Waals surface area contributed by atoms with Gasteiger partial charge in [-0.25, -0.2) is 9.97 Å². The van der Waals surface area contributed by atoms with Crippen molar-refractivity contribution >= 4 is 55.4 Å². The highest BCUT2D eigenvalue weighted by atomic mass is 32.1. The largest absolute Gasteiger partial charge is 0.332 e. The van der Waals surface area contributed by atoms with E-state index in [0.29, 0.717) is 5.13 Å². The summed E-state index contributed by atoms with van der Waals surface area (Å²) in [4.78, 5) is 25.5. The summed E-state index contributed by atoms with van der Waals surface area (Å²) in [5.74, 6) is -0.128. The number of pyridine rings is 1. The summed E-state index contributed by atoms with van der Waals surface area (Å²) in [7, 11) is 0. The molecule has 0 atom stereocenters. The lowest BCUT2D eigenvalue weighted by Gasteiger charge is -2.04. The summed E-state index contributed by atoms with van der Waals surface area (Å²) in [6.45, 7) is 3.39. The van der Waals surface area contributed by atoms with Crippen molar-refractivity contribution in [1.29, 1.82) is 0 Å². The van der Waals surface area contributed by atoms with Gasteiger partial charge in [0.25, 0.3) is 0 Å². The Labute approximate surface area is 158 Å². The van der Waals surface area contributed by atoms with Crippen LogP contribution in [-0.2, 0) is 4.79 Å². The number of thiazole rings is 2. The Hall–Kier alpha value is -2.84. The van der Waals surface area contributed by atoms with Gasteiger partial charge < -0.3 is 10.6 Å². The standard InChI is InChI=1S/C18H15N5OS2/c1-10-16(26-18(20-10)21-11(2)24)15-9-25-17(23-15)22-13-5-6-14-12(8-13)4-3-7-19-14/h3-9H,1-2H3,(H,22,23)(H,20,21,24). The van der Waals surface area contributed by atoms with E-state index in [2.05, 4.69) is 31.7 Å². The van der Waals surface area contributed by atoms with E-state index in [0.717, 1.165) is 38.0 Å². The zero-order valence-corrected chi connectivity index (χ0v) is 15.7. The third-order valence-electron chi connectivity index (χ3n) is 3.67. The fourth-order valence-corrected chi connectivity index (χ4v) is 4.32. The van der Waals surface area contributed by atoms with Crippen LogP contribution in [0.2, 0.25) is 0 Å². The number of amides is 1. The van der Waals surface area contributed by atoms with Gasteiger partial charge in [-0.3, -0.25) is 9.78 Å². The van der Waals surface area contributed by atoms with E-state index in [1.807, 2.05) is 36.6 Å². The lowest BCUT2D eigenvalue weighted by atomic mass is 10.2. The van der Waals surface area contributed by atoms with Crippen molar-refractivity contribution in [3.63, 3.8) is 0 Å². The van der Waals surface area contributed by atoms with Crippen LogP contribution in [0, 0.1) is 6.92 Å². The first-order valence-electron chi connectivity index (χ1n) is 7.91. The van der Waals surface area contributed by atoms with Crippen molar-refractivity contribution in [3.05, 3.63) is 47.6 Å². The first kappa shape index (κ1) is 16.6. The van der Waals surface area contributed by atoms with Crippen molar-refractivity contribution < 1.29 is 4.79 Å². The van der Waals surface area contributed by atoms with Gasteiger partial charge in [0.2, 0.25) is 5.91 Å². The topological polar surface area (TPSA) is 79.8 Å². The van der Waals surface area contributed by atoms with Crippen LogP contribution in [0.4, 0.5) is 16.0 Å². The van der Waals surface area contributed by atoms with E-state index in [1.54, 1.807) is 6.20 Å². The molecule has 1 aromatic carbocycles. The number of carbonyl (C=O) groups excluding carboxylic acids is 1. The minimum absolute atomic E-state index is 0.128. The molecular weight excluding hydrogens is 366 g/mol. The van der Waals surface area contributed by atoms with Crippen molar-refractivity contribution in [2.75, 3.05) is 10.6 Å². The summed E-state index contributed by atoms with van der Waals surface area (Å²) in [5.41, 5.74) is 3.63. The summed E-state index contributed by atoms with van der Waals surface area (Å²) >= 11 is 2.96. The molecule has 0 fully saturated rings. The number of rotatable bonds is 4. The number of aryl methyl sites for hydroxylation is 1. The van der Waals surface area contributed by atoms with Crippen LogP contribution < -0.4 is 10.6 Å². The smallest absolute Gasteiger partial charge is 0.223 e. The van der Waals surface area contributed by atoms with Crippen molar-refractivity contribution in [2.45, 2.75) is 13.8 Å². The van der Waals surface area contributed by atoms with Gasteiger partial charge in [0.05, 0.1) is 21.8 Å². The highest BCUT2D eigenvalue weighted by Crippen LogP contribution is 2.35.